The fraction of sp³-hybridized carbons (Fsp3) is 0.667. The number of phosphoric acid groups is 1. The van der Waals surface area contributed by atoms with Crippen molar-refractivity contribution in [3.63, 3.8) is 0 Å². The highest BCUT2D eigenvalue weighted by Crippen LogP contribution is 2.39. The van der Waals surface area contributed by atoms with Gasteiger partial charge in [0.05, 0.1) is 12.5 Å². The van der Waals surface area contributed by atoms with Crippen molar-refractivity contribution in [2.45, 2.75) is 25.9 Å². The minimum Gasteiger partial charge on any atom is -0.509 e. The first kappa shape index (κ1) is 15.1. The molecule has 0 aliphatic carbocycles. The first-order valence-corrected chi connectivity index (χ1v) is 6.63. The van der Waals surface area contributed by atoms with Gasteiger partial charge in [0.2, 0.25) is 0 Å². The fourth-order valence-corrected chi connectivity index (χ4v) is 1.84. The molecule has 2 atom stereocenters. The maximum absolute atomic E-state index is 11.3. The number of hydrogen-bond acceptors (Lipinski definition) is 6. The first-order chi connectivity index (χ1) is 8.03. The Hall–Kier alpha value is -0.920. The maximum Gasteiger partial charge on any atom is 0.469 e. The number of esters is 1. The Bertz CT molecular complexity index is 420. The van der Waals surface area contributed by atoms with E-state index in [9.17, 15) is 19.6 Å². The van der Waals surface area contributed by atoms with E-state index in [-0.39, 0.29) is 12.2 Å². The van der Waals surface area contributed by atoms with E-state index >= 15 is 0 Å². The predicted molar refractivity (Wildman–Crippen MR) is 58.1 cm³/mol. The van der Waals surface area contributed by atoms with E-state index in [1.54, 1.807) is 0 Å². The second-order valence-electron chi connectivity index (χ2n) is 4.34. The van der Waals surface area contributed by atoms with Crippen molar-refractivity contribution in [3.8, 4) is 0 Å². The number of rotatable bonds is 4. The number of aliphatic hydroxyl groups excluding tert-OH is 1. The summed E-state index contributed by atoms with van der Waals surface area (Å²) in [5.74, 6) is -1.98. The van der Waals surface area contributed by atoms with Gasteiger partial charge in [-0.15, -0.1) is 0 Å². The van der Waals surface area contributed by atoms with Crippen molar-refractivity contribution >= 4 is 13.8 Å². The van der Waals surface area contributed by atoms with Crippen molar-refractivity contribution in [2.75, 3.05) is 6.61 Å². The molecule has 0 bridgehead atoms. The summed E-state index contributed by atoms with van der Waals surface area (Å²) in [6, 6.07) is 0. The number of carbonyl (C=O) groups excluding carboxylic acids is 1. The third kappa shape index (κ3) is 3.79. The van der Waals surface area contributed by atoms with E-state index in [1.807, 2.05) is 0 Å². The van der Waals surface area contributed by atoms with Crippen LogP contribution in [0.25, 0.3) is 0 Å². The van der Waals surface area contributed by atoms with Gasteiger partial charge >= 0.3 is 13.8 Å². The fourth-order valence-electron chi connectivity index (χ4n) is 1.42. The van der Waals surface area contributed by atoms with Crippen LogP contribution in [0, 0.1) is 5.92 Å². The Morgan fingerprint density at radius 2 is 2.11 bits per heavy atom. The van der Waals surface area contributed by atoms with Crippen LogP contribution in [0.5, 0.6) is 0 Å². The van der Waals surface area contributed by atoms with Gasteiger partial charge in [0.1, 0.15) is 11.4 Å². The zero-order valence-corrected chi connectivity index (χ0v) is 10.8. The third-order valence-electron chi connectivity index (χ3n) is 2.37. The molecule has 0 amide bonds. The van der Waals surface area contributed by atoms with Gasteiger partial charge in [-0.1, -0.05) is 6.92 Å². The van der Waals surface area contributed by atoms with Gasteiger partial charge in [0.25, 0.3) is 0 Å². The smallest absolute Gasteiger partial charge is 0.469 e. The molecule has 9 heteroatoms. The predicted octanol–water partition coefficient (Wildman–Crippen LogP) is 0.199. The highest BCUT2D eigenvalue weighted by Gasteiger charge is 2.39. The highest BCUT2D eigenvalue weighted by molar-refractivity contribution is 7.46. The second-order valence-corrected chi connectivity index (χ2v) is 5.58. The average molecular weight is 282 g/mol. The minimum absolute atomic E-state index is 0.0137. The molecule has 0 aromatic carbocycles. The van der Waals surface area contributed by atoms with Crippen LogP contribution in [-0.2, 0) is 18.6 Å². The Morgan fingerprint density at radius 1 is 1.56 bits per heavy atom. The normalized spacial score (nSPS) is 24.7. The number of carbonyl (C=O) groups is 1. The zero-order valence-electron chi connectivity index (χ0n) is 9.86. The van der Waals surface area contributed by atoms with Gasteiger partial charge in [-0.25, -0.2) is 4.57 Å². The molecule has 1 aliphatic rings. The molecular formula is C9H15O8P. The van der Waals surface area contributed by atoms with E-state index in [1.165, 1.54) is 6.92 Å². The molecule has 0 fully saturated rings. The Kier molecular flexibility index (Phi) is 4.19. The number of ether oxygens (including phenoxy) is 1. The molecule has 0 aromatic heterocycles. The molecule has 0 saturated carbocycles. The lowest BCUT2D eigenvalue weighted by Gasteiger charge is -2.30. The second kappa shape index (κ2) is 4.99. The summed E-state index contributed by atoms with van der Waals surface area (Å²) in [6.45, 7) is 1.83. The van der Waals surface area contributed by atoms with Crippen LogP contribution in [0.2, 0.25) is 0 Å². The standard InChI is InChI=1S/C9H15O8P/c1-5-3-6(10)7(17-8(5)11)9(2,12)4-16-18(13,14)15/h5,10,12H,3-4H2,1-2H3,(H2,13,14,15)/t5-,9+/m0/s1. The molecule has 1 rings (SSSR count). The number of phosphoric ester groups is 1. The highest BCUT2D eigenvalue weighted by atomic mass is 31.2. The average Bonchev–Trinajstić information content (AvgIpc) is 2.19. The van der Waals surface area contributed by atoms with E-state index in [0.29, 0.717) is 0 Å². The van der Waals surface area contributed by atoms with Gasteiger partial charge in [0.15, 0.2) is 5.76 Å². The number of hydrogen-bond donors (Lipinski definition) is 4. The Balaban J connectivity index is 2.87. The number of cyclic esters (lactones) is 1. The van der Waals surface area contributed by atoms with Crippen molar-refractivity contribution in [2.24, 2.45) is 5.92 Å². The van der Waals surface area contributed by atoms with Crippen molar-refractivity contribution in [1.29, 1.82) is 0 Å². The van der Waals surface area contributed by atoms with Gasteiger partial charge in [0, 0.05) is 6.42 Å². The lowest BCUT2D eigenvalue weighted by atomic mass is 9.97. The van der Waals surface area contributed by atoms with E-state index in [2.05, 4.69) is 4.52 Å². The lowest BCUT2D eigenvalue weighted by Crippen LogP contribution is -2.39. The summed E-state index contributed by atoms with van der Waals surface area (Å²) in [4.78, 5) is 28.4. The molecule has 1 aliphatic heterocycles. The molecule has 0 aromatic rings. The molecular weight excluding hydrogens is 267 g/mol. The molecule has 104 valence electrons. The number of allylic oxidation sites excluding steroid dienone is 1. The first-order valence-electron chi connectivity index (χ1n) is 5.09. The Labute approximate surface area is 103 Å². The molecule has 0 saturated heterocycles. The van der Waals surface area contributed by atoms with Crippen LogP contribution in [-0.4, -0.2) is 38.2 Å². The van der Waals surface area contributed by atoms with Crippen LogP contribution in [0.3, 0.4) is 0 Å². The van der Waals surface area contributed by atoms with Gasteiger partial charge in [-0.2, -0.15) is 0 Å². The molecule has 0 radical (unpaired) electrons. The lowest BCUT2D eigenvalue weighted by molar-refractivity contribution is -0.151. The third-order valence-corrected chi connectivity index (χ3v) is 2.84. The van der Waals surface area contributed by atoms with Crippen LogP contribution in [0.15, 0.2) is 11.5 Å². The van der Waals surface area contributed by atoms with Crippen LogP contribution in [0.1, 0.15) is 20.3 Å². The van der Waals surface area contributed by atoms with Gasteiger partial charge in [-0.05, 0) is 6.92 Å². The molecule has 8 nitrogen and oxygen atoms in total. The van der Waals surface area contributed by atoms with Gasteiger partial charge < -0.3 is 24.7 Å². The zero-order chi connectivity index (χ0) is 14.1. The van der Waals surface area contributed by atoms with Crippen LogP contribution >= 0.6 is 7.82 Å². The van der Waals surface area contributed by atoms with E-state index < -0.39 is 37.7 Å². The summed E-state index contributed by atoms with van der Waals surface area (Å²) in [5, 5.41) is 19.5. The van der Waals surface area contributed by atoms with Crippen molar-refractivity contribution < 1.29 is 38.6 Å². The summed E-state index contributed by atoms with van der Waals surface area (Å²) in [6.07, 6.45) is -0.0137. The molecule has 4 N–H and O–H groups in total. The summed E-state index contributed by atoms with van der Waals surface area (Å²) in [7, 11) is -4.77. The molecule has 0 spiro atoms. The summed E-state index contributed by atoms with van der Waals surface area (Å²) >= 11 is 0. The minimum atomic E-state index is -4.77. The van der Waals surface area contributed by atoms with Crippen LogP contribution < -0.4 is 0 Å². The Morgan fingerprint density at radius 3 is 2.61 bits per heavy atom. The molecule has 1 heterocycles. The van der Waals surface area contributed by atoms with Crippen molar-refractivity contribution in [3.05, 3.63) is 11.5 Å². The SMILES string of the molecule is C[C@H]1CC(O)=C([C@](C)(O)COP(=O)(O)O)OC1=O. The van der Waals surface area contributed by atoms with Gasteiger partial charge in [-0.3, -0.25) is 9.32 Å². The summed E-state index contributed by atoms with van der Waals surface area (Å²) < 4.78 is 19.4. The van der Waals surface area contributed by atoms with Crippen LogP contribution in [0.4, 0.5) is 0 Å². The number of aliphatic hydroxyl groups is 2. The largest absolute Gasteiger partial charge is 0.509 e. The monoisotopic (exact) mass is 282 g/mol. The van der Waals surface area contributed by atoms with E-state index in [4.69, 9.17) is 14.5 Å². The molecule has 18 heavy (non-hydrogen) atoms. The molecule has 0 unspecified atom stereocenters. The quantitative estimate of drug-likeness (QED) is 0.424. The van der Waals surface area contributed by atoms with E-state index in [0.717, 1.165) is 6.92 Å². The summed E-state index contributed by atoms with van der Waals surface area (Å²) in [5.41, 5.74) is -2.01. The van der Waals surface area contributed by atoms with Crippen molar-refractivity contribution in [1.82, 2.24) is 0 Å². The topological polar surface area (TPSA) is 134 Å². The maximum atomic E-state index is 11.3.